The molecule has 0 heterocycles. The van der Waals surface area contributed by atoms with Crippen molar-refractivity contribution in [3.05, 3.63) is 71.8 Å². The lowest BCUT2D eigenvalue weighted by molar-refractivity contribution is 0.104. The van der Waals surface area contributed by atoms with Gasteiger partial charge in [-0.3, -0.25) is 4.79 Å². The first-order valence-electron chi connectivity index (χ1n) is 6.03. The van der Waals surface area contributed by atoms with E-state index in [0.717, 1.165) is 12.0 Å². The molecule has 92 valence electrons. The summed E-state index contributed by atoms with van der Waals surface area (Å²) in [5.41, 5.74) is 7.44. The lowest BCUT2D eigenvalue weighted by atomic mass is 9.91. The van der Waals surface area contributed by atoms with E-state index in [2.05, 4.69) is 6.08 Å². The molecule has 18 heavy (non-hydrogen) atoms. The van der Waals surface area contributed by atoms with E-state index in [1.165, 1.54) is 0 Å². The number of ketones is 1. The molecule has 0 saturated heterocycles. The highest BCUT2D eigenvalue weighted by atomic mass is 16.1. The fourth-order valence-corrected chi connectivity index (χ4v) is 1.75. The van der Waals surface area contributed by atoms with Crippen LogP contribution in [0.2, 0.25) is 0 Å². The molecule has 0 amide bonds. The predicted molar refractivity (Wildman–Crippen MR) is 74.3 cm³/mol. The van der Waals surface area contributed by atoms with E-state index in [1.54, 1.807) is 6.08 Å². The van der Waals surface area contributed by atoms with Crippen molar-refractivity contribution in [2.75, 3.05) is 0 Å². The Morgan fingerprint density at radius 2 is 2.06 bits per heavy atom. The van der Waals surface area contributed by atoms with E-state index < -0.39 is 0 Å². The van der Waals surface area contributed by atoms with Crippen LogP contribution in [-0.2, 0) is 0 Å². The summed E-state index contributed by atoms with van der Waals surface area (Å²) in [5.74, 6) is 0.0194. The highest BCUT2D eigenvalue weighted by Gasteiger charge is 2.15. The Morgan fingerprint density at radius 3 is 2.67 bits per heavy atom. The summed E-state index contributed by atoms with van der Waals surface area (Å²) in [6, 6.07) is 9.25. The number of carbonyl (C=O) groups excluding carboxylic acids is 1. The molecule has 1 aliphatic rings. The van der Waals surface area contributed by atoms with Gasteiger partial charge in [0.05, 0.1) is 0 Å². The minimum Gasteiger partial charge on any atom is -0.322 e. The van der Waals surface area contributed by atoms with Crippen LogP contribution < -0.4 is 5.73 Å². The first-order valence-corrected chi connectivity index (χ1v) is 6.03. The van der Waals surface area contributed by atoms with E-state index in [9.17, 15) is 4.79 Å². The minimum absolute atomic E-state index is 0.0194. The molecule has 1 atom stereocenters. The van der Waals surface area contributed by atoms with Gasteiger partial charge in [0.25, 0.3) is 0 Å². The summed E-state index contributed by atoms with van der Waals surface area (Å²) in [5, 5.41) is 0. The van der Waals surface area contributed by atoms with Gasteiger partial charge < -0.3 is 5.73 Å². The third kappa shape index (κ3) is 3.28. The third-order valence-electron chi connectivity index (χ3n) is 2.92. The molecule has 1 aromatic rings. The van der Waals surface area contributed by atoms with E-state index >= 15 is 0 Å². The van der Waals surface area contributed by atoms with Crippen LogP contribution in [0, 0.1) is 0 Å². The summed E-state index contributed by atoms with van der Waals surface area (Å²) in [6.45, 7) is 1.98. The van der Waals surface area contributed by atoms with Crippen LogP contribution in [0.3, 0.4) is 0 Å². The molecule has 0 bridgehead atoms. The average Bonchev–Trinajstić information content (AvgIpc) is 2.38. The zero-order valence-corrected chi connectivity index (χ0v) is 10.5. The maximum atomic E-state index is 11.9. The summed E-state index contributed by atoms with van der Waals surface area (Å²) >= 11 is 0. The summed E-state index contributed by atoms with van der Waals surface area (Å²) in [7, 11) is 0. The molecule has 2 nitrogen and oxygen atoms in total. The van der Waals surface area contributed by atoms with E-state index in [-0.39, 0.29) is 11.3 Å². The second-order valence-electron chi connectivity index (χ2n) is 4.81. The molecular formula is C16H17NO. The molecular weight excluding hydrogens is 222 g/mol. The van der Waals surface area contributed by atoms with Gasteiger partial charge in [0.1, 0.15) is 0 Å². The molecule has 0 radical (unpaired) electrons. The molecule has 1 unspecified atom stereocenters. The summed E-state index contributed by atoms with van der Waals surface area (Å²) in [4.78, 5) is 11.9. The molecule has 2 rings (SSSR count). The van der Waals surface area contributed by atoms with Gasteiger partial charge in [0.15, 0.2) is 5.78 Å². The van der Waals surface area contributed by atoms with Crippen LogP contribution in [0.25, 0.3) is 0 Å². The van der Waals surface area contributed by atoms with E-state index in [0.29, 0.717) is 5.56 Å². The molecule has 0 aromatic heterocycles. The van der Waals surface area contributed by atoms with Gasteiger partial charge in [0.2, 0.25) is 0 Å². The zero-order chi connectivity index (χ0) is 13.0. The Hall–Kier alpha value is -1.93. The smallest absolute Gasteiger partial charge is 0.185 e. The molecule has 2 N–H and O–H groups in total. The van der Waals surface area contributed by atoms with Crippen molar-refractivity contribution in [2.24, 2.45) is 5.73 Å². The molecule has 1 aromatic carbocycles. The van der Waals surface area contributed by atoms with Gasteiger partial charge in [-0.1, -0.05) is 54.6 Å². The summed E-state index contributed by atoms with van der Waals surface area (Å²) < 4.78 is 0. The molecule has 0 fully saturated rings. The third-order valence-corrected chi connectivity index (χ3v) is 2.92. The quantitative estimate of drug-likeness (QED) is 0.650. The molecule has 1 aliphatic carbocycles. The number of nitrogens with two attached hydrogens (primary N) is 1. The van der Waals surface area contributed by atoms with Gasteiger partial charge in [0, 0.05) is 11.1 Å². The SMILES string of the molecule is CC1(N)C=CC(C=CC(=O)c2ccccc2)=CC1. The summed E-state index contributed by atoms with van der Waals surface area (Å²) in [6.07, 6.45) is 10.2. The highest BCUT2D eigenvalue weighted by Crippen LogP contribution is 2.18. The first-order chi connectivity index (χ1) is 8.57. The van der Waals surface area contributed by atoms with Crippen LogP contribution in [0.5, 0.6) is 0 Å². The molecule has 0 spiro atoms. The van der Waals surface area contributed by atoms with Crippen LogP contribution in [0.15, 0.2) is 66.3 Å². The fourth-order valence-electron chi connectivity index (χ4n) is 1.75. The van der Waals surface area contributed by atoms with Crippen molar-refractivity contribution in [1.82, 2.24) is 0 Å². The first kappa shape index (κ1) is 12.5. The Labute approximate surface area is 108 Å². The van der Waals surface area contributed by atoms with Gasteiger partial charge >= 0.3 is 0 Å². The number of rotatable bonds is 3. The Bertz CT molecular complexity index is 521. The molecule has 0 aliphatic heterocycles. The van der Waals surface area contributed by atoms with Crippen molar-refractivity contribution in [3.63, 3.8) is 0 Å². The maximum absolute atomic E-state index is 11.9. The second kappa shape index (κ2) is 5.15. The van der Waals surface area contributed by atoms with Gasteiger partial charge in [-0.25, -0.2) is 0 Å². The van der Waals surface area contributed by atoms with Gasteiger partial charge in [-0.15, -0.1) is 0 Å². The normalized spacial score (nSPS) is 23.1. The Balaban J connectivity index is 2.03. The number of hydrogen-bond donors (Lipinski definition) is 1. The van der Waals surface area contributed by atoms with Crippen molar-refractivity contribution in [1.29, 1.82) is 0 Å². The zero-order valence-electron chi connectivity index (χ0n) is 10.5. The maximum Gasteiger partial charge on any atom is 0.185 e. The van der Waals surface area contributed by atoms with Gasteiger partial charge in [-0.2, -0.15) is 0 Å². The van der Waals surface area contributed by atoms with Crippen molar-refractivity contribution >= 4 is 5.78 Å². The van der Waals surface area contributed by atoms with Crippen LogP contribution in [0.1, 0.15) is 23.7 Å². The number of benzene rings is 1. The second-order valence-corrected chi connectivity index (χ2v) is 4.81. The van der Waals surface area contributed by atoms with Crippen molar-refractivity contribution in [2.45, 2.75) is 18.9 Å². The van der Waals surface area contributed by atoms with Crippen molar-refractivity contribution < 1.29 is 4.79 Å². The van der Waals surface area contributed by atoms with Crippen LogP contribution in [-0.4, -0.2) is 11.3 Å². The highest BCUT2D eigenvalue weighted by molar-refractivity contribution is 6.04. The lowest BCUT2D eigenvalue weighted by Gasteiger charge is -2.21. The Morgan fingerprint density at radius 1 is 1.33 bits per heavy atom. The largest absolute Gasteiger partial charge is 0.322 e. The van der Waals surface area contributed by atoms with E-state index in [4.69, 9.17) is 5.73 Å². The number of hydrogen-bond acceptors (Lipinski definition) is 2. The van der Waals surface area contributed by atoms with E-state index in [1.807, 2.05) is 55.5 Å². The number of carbonyl (C=O) groups is 1. The van der Waals surface area contributed by atoms with Crippen LogP contribution >= 0.6 is 0 Å². The lowest BCUT2D eigenvalue weighted by Crippen LogP contribution is -2.33. The van der Waals surface area contributed by atoms with Gasteiger partial charge in [-0.05, 0) is 25.0 Å². The topological polar surface area (TPSA) is 43.1 Å². The van der Waals surface area contributed by atoms with Crippen molar-refractivity contribution in [3.8, 4) is 0 Å². The Kier molecular flexibility index (Phi) is 3.58. The number of allylic oxidation sites excluding steroid dienone is 4. The fraction of sp³-hybridized carbons (Fsp3) is 0.188. The van der Waals surface area contributed by atoms with Crippen LogP contribution in [0.4, 0.5) is 0 Å². The minimum atomic E-state index is -0.263. The monoisotopic (exact) mass is 239 g/mol. The molecule has 2 heteroatoms. The molecule has 0 saturated carbocycles. The average molecular weight is 239 g/mol. The standard InChI is InChI=1S/C16H17NO/c1-16(17)11-9-13(10-12-16)7-8-15(18)14-5-3-2-4-6-14/h2-11H,12,17H2,1H3. The predicted octanol–water partition coefficient (Wildman–Crippen LogP) is 3.03.